The Bertz CT molecular complexity index is 746. The third-order valence-corrected chi connectivity index (χ3v) is 8.38. The van der Waals surface area contributed by atoms with Crippen LogP contribution in [0.2, 0.25) is 0 Å². The molecule has 138 valence electrons. The first kappa shape index (κ1) is 17.5. The second-order valence-corrected chi connectivity index (χ2v) is 9.91. The summed E-state index contributed by atoms with van der Waals surface area (Å²) in [5.74, 6) is 0. The van der Waals surface area contributed by atoms with Gasteiger partial charge in [-0.1, -0.05) is 17.7 Å². The van der Waals surface area contributed by atoms with E-state index in [-0.39, 0.29) is 0 Å². The van der Waals surface area contributed by atoms with E-state index in [4.69, 9.17) is 0 Å². The van der Waals surface area contributed by atoms with E-state index in [1.165, 1.54) is 19.5 Å². The Morgan fingerprint density at radius 2 is 1.52 bits per heavy atom. The summed E-state index contributed by atoms with van der Waals surface area (Å²) in [6.07, 6.45) is 3.18. The number of sulfonamides is 1. The standard InChI is InChI=1S/C19H29N3O2S/c1-14-10-15(2)19(16(3)11-14)25(23,24)21-8-5-17(6-9-21)22-13-20-7-4-18(22)12-20/h10-11,17-18H,4-9,12-13H2,1-3H3. The molecule has 3 heterocycles. The molecule has 3 saturated heterocycles. The van der Waals surface area contributed by atoms with Crippen LogP contribution in [-0.4, -0.2) is 67.5 Å². The number of aryl methyl sites for hydroxylation is 3. The molecule has 2 bridgehead atoms. The largest absolute Gasteiger partial charge is 0.289 e. The zero-order chi connectivity index (χ0) is 17.8. The number of nitrogens with zero attached hydrogens (tertiary/aromatic N) is 3. The molecule has 0 N–H and O–H groups in total. The normalized spacial score (nSPS) is 28.8. The second-order valence-electron chi connectivity index (χ2n) is 8.04. The van der Waals surface area contributed by atoms with E-state index in [0.717, 1.165) is 36.2 Å². The van der Waals surface area contributed by atoms with Crippen LogP contribution in [0.4, 0.5) is 0 Å². The molecule has 1 aromatic rings. The molecule has 3 aliphatic heterocycles. The first-order chi connectivity index (χ1) is 11.9. The van der Waals surface area contributed by atoms with Crippen LogP contribution in [0.15, 0.2) is 17.0 Å². The average Bonchev–Trinajstić information content (AvgIpc) is 3.16. The summed E-state index contributed by atoms with van der Waals surface area (Å²) in [7, 11) is -3.39. The lowest BCUT2D eigenvalue weighted by Gasteiger charge is -2.40. The SMILES string of the molecule is Cc1cc(C)c(S(=O)(=O)N2CCC(N3CN4CCC3C4)CC2)c(C)c1. The smallest absolute Gasteiger partial charge is 0.243 e. The topological polar surface area (TPSA) is 43.9 Å². The third-order valence-electron chi connectivity index (χ3n) is 6.17. The Morgan fingerprint density at radius 1 is 0.920 bits per heavy atom. The van der Waals surface area contributed by atoms with Crippen LogP contribution >= 0.6 is 0 Å². The summed E-state index contributed by atoms with van der Waals surface area (Å²) in [4.78, 5) is 5.66. The maximum absolute atomic E-state index is 13.2. The highest BCUT2D eigenvalue weighted by Gasteiger charge is 2.41. The van der Waals surface area contributed by atoms with Gasteiger partial charge in [0, 0.05) is 38.3 Å². The maximum atomic E-state index is 13.2. The number of benzene rings is 1. The van der Waals surface area contributed by atoms with E-state index in [2.05, 4.69) is 9.80 Å². The number of hydrogen-bond donors (Lipinski definition) is 0. The highest BCUT2D eigenvalue weighted by atomic mass is 32.2. The molecule has 4 rings (SSSR count). The molecule has 1 aromatic carbocycles. The summed E-state index contributed by atoms with van der Waals surface area (Å²) in [6, 6.07) is 5.20. The van der Waals surface area contributed by atoms with Gasteiger partial charge in [0.2, 0.25) is 10.0 Å². The first-order valence-electron chi connectivity index (χ1n) is 9.42. The van der Waals surface area contributed by atoms with E-state index in [0.29, 0.717) is 30.1 Å². The fourth-order valence-electron chi connectivity index (χ4n) is 5.09. The highest BCUT2D eigenvalue weighted by Crippen LogP contribution is 2.32. The van der Waals surface area contributed by atoms with Crippen LogP contribution in [0.25, 0.3) is 0 Å². The van der Waals surface area contributed by atoms with Crippen molar-refractivity contribution in [2.24, 2.45) is 0 Å². The van der Waals surface area contributed by atoms with Crippen molar-refractivity contribution >= 4 is 10.0 Å². The van der Waals surface area contributed by atoms with Gasteiger partial charge in [-0.15, -0.1) is 0 Å². The van der Waals surface area contributed by atoms with Crippen LogP contribution in [0.1, 0.15) is 36.0 Å². The molecule has 0 aromatic heterocycles. The van der Waals surface area contributed by atoms with Crippen molar-refractivity contribution in [1.29, 1.82) is 0 Å². The second kappa shape index (κ2) is 6.34. The monoisotopic (exact) mass is 363 g/mol. The zero-order valence-electron chi connectivity index (χ0n) is 15.5. The van der Waals surface area contributed by atoms with Crippen LogP contribution in [0.3, 0.4) is 0 Å². The van der Waals surface area contributed by atoms with Gasteiger partial charge in [-0.2, -0.15) is 4.31 Å². The van der Waals surface area contributed by atoms with Crippen LogP contribution in [0.5, 0.6) is 0 Å². The van der Waals surface area contributed by atoms with E-state index < -0.39 is 10.0 Å². The summed E-state index contributed by atoms with van der Waals surface area (Å²) >= 11 is 0. The molecule has 2 atom stereocenters. The van der Waals surface area contributed by atoms with Crippen molar-refractivity contribution < 1.29 is 8.42 Å². The van der Waals surface area contributed by atoms with Gasteiger partial charge in [0.25, 0.3) is 0 Å². The van der Waals surface area contributed by atoms with Crippen LogP contribution < -0.4 is 0 Å². The molecule has 2 unspecified atom stereocenters. The molecule has 5 nitrogen and oxygen atoms in total. The molecule has 0 saturated carbocycles. The quantitative estimate of drug-likeness (QED) is 0.825. The van der Waals surface area contributed by atoms with Crippen LogP contribution in [0, 0.1) is 20.8 Å². The number of fused-ring (bicyclic) bond motifs is 2. The van der Waals surface area contributed by atoms with E-state index >= 15 is 0 Å². The molecule has 6 heteroatoms. The molecule has 0 amide bonds. The number of hydrogen-bond acceptors (Lipinski definition) is 4. The zero-order valence-corrected chi connectivity index (χ0v) is 16.3. The van der Waals surface area contributed by atoms with Crippen molar-refractivity contribution in [2.45, 2.75) is 57.0 Å². The molecular weight excluding hydrogens is 334 g/mol. The van der Waals surface area contributed by atoms with Gasteiger partial charge in [0.05, 0.1) is 11.6 Å². The van der Waals surface area contributed by atoms with Crippen molar-refractivity contribution in [2.75, 3.05) is 32.8 Å². The molecular formula is C19H29N3O2S. The minimum atomic E-state index is -3.39. The predicted octanol–water partition coefficient (Wildman–Crippen LogP) is 2.11. The Kier molecular flexibility index (Phi) is 4.43. The Labute approximate surface area is 151 Å². The molecule has 3 fully saturated rings. The highest BCUT2D eigenvalue weighted by molar-refractivity contribution is 7.89. The van der Waals surface area contributed by atoms with Gasteiger partial charge in [-0.3, -0.25) is 9.80 Å². The average molecular weight is 364 g/mol. The fourth-order valence-corrected chi connectivity index (χ4v) is 6.97. The van der Waals surface area contributed by atoms with Gasteiger partial charge < -0.3 is 0 Å². The molecule has 0 spiro atoms. The summed E-state index contributed by atoms with van der Waals surface area (Å²) < 4.78 is 28.1. The summed E-state index contributed by atoms with van der Waals surface area (Å²) in [5.41, 5.74) is 2.85. The van der Waals surface area contributed by atoms with E-state index in [1.807, 2.05) is 32.9 Å². The Morgan fingerprint density at radius 3 is 2.04 bits per heavy atom. The van der Waals surface area contributed by atoms with E-state index in [1.54, 1.807) is 4.31 Å². The van der Waals surface area contributed by atoms with Crippen molar-refractivity contribution in [3.05, 3.63) is 28.8 Å². The summed E-state index contributed by atoms with van der Waals surface area (Å²) in [6.45, 7) is 10.6. The van der Waals surface area contributed by atoms with Gasteiger partial charge in [-0.05, 0) is 51.2 Å². The van der Waals surface area contributed by atoms with Crippen LogP contribution in [-0.2, 0) is 10.0 Å². The first-order valence-corrected chi connectivity index (χ1v) is 10.9. The molecule has 0 radical (unpaired) electrons. The Hall–Kier alpha value is -0.950. The minimum absolute atomic E-state index is 0.517. The lowest BCUT2D eigenvalue weighted by Crippen LogP contribution is -2.50. The van der Waals surface area contributed by atoms with Crippen molar-refractivity contribution in [1.82, 2.24) is 14.1 Å². The predicted molar refractivity (Wildman–Crippen MR) is 99.1 cm³/mol. The van der Waals surface area contributed by atoms with E-state index in [9.17, 15) is 8.42 Å². The number of rotatable bonds is 3. The van der Waals surface area contributed by atoms with Gasteiger partial charge in [-0.25, -0.2) is 8.42 Å². The van der Waals surface area contributed by atoms with Gasteiger partial charge in [0.15, 0.2) is 0 Å². The molecule has 25 heavy (non-hydrogen) atoms. The Balaban J connectivity index is 1.48. The molecule has 0 aliphatic carbocycles. The number of piperidine rings is 1. The van der Waals surface area contributed by atoms with Gasteiger partial charge >= 0.3 is 0 Å². The maximum Gasteiger partial charge on any atom is 0.243 e. The lowest BCUT2D eigenvalue weighted by atomic mass is 10.0. The lowest BCUT2D eigenvalue weighted by molar-refractivity contribution is 0.0879. The minimum Gasteiger partial charge on any atom is -0.289 e. The summed E-state index contributed by atoms with van der Waals surface area (Å²) in [5, 5.41) is 0. The van der Waals surface area contributed by atoms with Crippen molar-refractivity contribution in [3.8, 4) is 0 Å². The molecule has 3 aliphatic rings. The van der Waals surface area contributed by atoms with Crippen molar-refractivity contribution in [3.63, 3.8) is 0 Å². The fraction of sp³-hybridized carbons (Fsp3) is 0.684. The van der Waals surface area contributed by atoms with Gasteiger partial charge in [0.1, 0.15) is 0 Å². The third kappa shape index (κ3) is 3.03.